The quantitative estimate of drug-likeness (QED) is 0.906. The predicted molar refractivity (Wildman–Crippen MR) is 81.1 cm³/mol. The van der Waals surface area contributed by atoms with E-state index in [1.165, 1.54) is 18.5 Å². The molecule has 0 aliphatic carbocycles. The first-order chi connectivity index (χ1) is 9.24. The van der Waals surface area contributed by atoms with Gasteiger partial charge in [0.05, 0.1) is 12.8 Å². The lowest BCUT2D eigenvalue weighted by molar-refractivity contribution is 0.381. The zero-order valence-corrected chi connectivity index (χ0v) is 12.4. The van der Waals surface area contributed by atoms with E-state index in [1.807, 2.05) is 12.1 Å². The summed E-state index contributed by atoms with van der Waals surface area (Å²) in [4.78, 5) is 2.48. The summed E-state index contributed by atoms with van der Waals surface area (Å²) < 4.78 is 5.50. The van der Waals surface area contributed by atoms with Gasteiger partial charge in [0.15, 0.2) is 0 Å². The van der Waals surface area contributed by atoms with Crippen LogP contribution in [0.1, 0.15) is 26.7 Å². The van der Waals surface area contributed by atoms with E-state index in [1.54, 1.807) is 7.11 Å². The van der Waals surface area contributed by atoms with Crippen molar-refractivity contribution in [1.29, 1.82) is 0 Å². The standard InChI is InChI=1S/C16H26N2O/c1-4-14-9-10-18(12-13(2)11-17-14)15-7-5-6-8-16(15)19-3/h5-8,13-14,17H,4,9-12H2,1-3H3. The SMILES string of the molecule is CCC1CCN(c2ccccc2OC)CC(C)CN1. The third kappa shape index (κ3) is 3.63. The highest BCUT2D eigenvalue weighted by Crippen LogP contribution is 2.29. The molecular weight excluding hydrogens is 236 g/mol. The summed E-state index contributed by atoms with van der Waals surface area (Å²) in [6.45, 7) is 7.86. The molecule has 2 rings (SSSR count). The average molecular weight is 262 g/mol. The van der Waals surface area contributed by atoms with Crippen molar-refractivity contribution in [2.45, 2.75) is 32.7 Å². The molecule has 1 heterocycles. The fourth-order valence-corrected chi connectivity index (χ4v) is 2.77. The van der Waals surface area contributed by atoms with Gasteiger partial charge in [-0.15, -0.1) is 0 Å². The molecule has 3 heteroatoms. The van der Waals surface area contributed by atoms with Crippen LogP contribution in [0.25, 0.3) is 0 Å². The molecule has 2 unspecified atom stereocenters. The first-order valence-electron chi connectivity index (χ1n) is 7.36. The second-order valence-electron chi connectivity index (χ2n) is 5.53. The van der Waals surface area contributed by atoms with E-state index in [-0.39, 0.29) is 0 Å². The molecular formula is C16H26N2O. The molecule has 1 aliphatic rings. The molecule has 0 amide bonds. The summed E-state index contributed by atoms with van der Waals surface area (Å²) in [5, 5.41) is 3.66. The van der Waals surface area contributed by atoms with Crippen molar-refractivity contribution in [3.8, 4) is 5.75 Å². The third-order valence-electron chi connectivity index (χ3n) is 3.95. The van der Waals surface area contributed by atoms with Gasteiger partial charge >= 0.3 is 0 Å². The molecule has 0 radical (unpaired) electrons. The Hall–Kier alpha value is -1.22. The largest absolute Gasteiger partial charge is 0.495 e. The number of nitrogens with one attached hydrogen (secondary N) is 1. The number of para-hydroxylation sites is 2. The van der Waals surface area contributed by atoms with Crippen molar-refractivity contribution in [3.05, 3.63) is 24.3 Å². The Morgan fingerprint density at radius 3 is 2.89 bits per heavy atom. The number of benzene rings is 1. The first-order valence-corrected chi connectivity index (χ1v) is 7.36. The number of nitrogens with zero attached hydrogens (tertiary/aromatic N) is 1. The smallest absolute Gasteiger partial charge is 0.142 e. The number of methoxy groups -OCH3 is 1. The van der Waals surface area contributed by atoms with Gasteiger partial charge in [-0.25, -0.2) is 0 Å². The van der Waals surface area contributed by atoms with Gasteiger partial charge in [0.1, 0.15) is 5.75 Å². The van der Waals surface area contributed by atoms with Crippen molar-refractivity contribution in [2.24, 2.45) is 5.92 Å². The normalized spacial score (nSPS) is 24.7. The highest BCUT2D eigenvalue weighted by molar-refractivity contribution is 5.58. The summed E-state index contributed by atoms with van der Waals surface area (Å²) in [6, 6.07) is 8.98. The molecule has 2 atom stereocenters. The number of hydrogen-bond donors (Lipinski definition) is 1. The van der Waals surface area contributed by atoms with Crippen molar-refractivity contribution in [2.75, 3.05) is 31.6 Å². The van der Waals surface area contributed by atoms with Gasteiger partial charge in [-0.1, -0.05) is 26.0 Å². The maximum atomic E-state index is 5.50. The maximum Gasteiger partial charge on any atom is 0.142 e. The van der Waals surface area contributed by atoms with Crippen LogP contribution in [0.5, 0.6) is 5.75 Å². The van der Waals surface area contributed by atoms with Gasteiger partial charge in [0, 0.05) is 19.1 Å². The van der Waals surface area contributed by atoms with E-state index in [0.717, 1.165) is 25.4 Å². The summed E-state index contributed by atoms with van der Waals surface area (Å²) in [5.41, 5.74) is 1.23. The van der Waals surface area contributed by atoms with Gasteiger partial charge in [-0.05, 0) is 37.4 Å². The molecule has 1 fully saturated rings. The number of hydrogen-bond acceptors (Lipinski definition) is 3. The van der Waals surface area contributed by atoms with Gasteiger partial charge in [0.25, 0.3) is 0 Å². The Morgan fingerprint density at radius 1 is 1.37 bits per heavy atom. The topological polar surface area (TPSA) is 24.5 Å². The molecule has 19 heavy (non-hydrogen) atoms. The second-order valence-corrected chi connectivity index (χ2v) is 5.53. The summed E-state index contributed by atoms with van der Waals surface area (Å²) in [5.74, 6) is 1.63. The number of ether oxygens (including phenoxy) is 1. The fourth-order valence-electron chi connectivity index (χ4n) is 2.77. The van der Waals surface area contributed by atoms with E-state index in [4.69, 9.17) is 4.74 Å². The molecule has 0 saturated carbocycles. The third-order valence-corrected chi connectivity index (χ3v) is 3.95. The molecule has 1 aromatic rings. The Kier molecular flexibility index (Phi) is 5.08. The lowest BCUT2D eigenvalue weighted by Gasteiger charge is -2.34. The van der Waals surface area contributed by atoms with Crippen molar-refractivity contribution in [1.82, 2.24) is 5.32 Å². The molecule has 1 aromatic carbocycles. The minimum absolute atomic E-state index is 0.639. The molecule has 0 spiro atoms. The van der Waals surface area contributed by atoms with Gasteiger partial charge in [0.2, 0.25) is 0 Å². The van der Waals surface area contributed by atoms with Gasteiger partial charge in [-0.3, -0.25) is 0 Å². The van der Waals surface area contributed by atoms with Crippen LogP contribution in [0.15, 0.2) is 24.3 Å². The van der Waals surface area contributed by atoms with Gasteiger partial charge in [-0.2, -0.15) is 0 Å². The minimum Gasteiger partial charge on any atom is -0.495 e. The van der Waals surface area contributed by atoms with E-state index in [9.17, 15) is 0 Å². The Balaban J connectivity index is 2.16. The number of rotatable bonds is 3. The molecule has 0 aromatic heterocycles. The molecule has 3 nitrogen and oxygen atoms in total. The summed E-state index contributed by atoms with van der Waals surface area (Å²) in [7, 11) is 1.75. The van der Waals surface area contributed by atoms with E-state index < -0.39 is 0 Å². The first kappa shape index (κ1) is 14.2. The van der Waals surface area contributed by atoms with Crippen LogP contribution >= 0.6 is 0 Å². The Labute approximate surface area is 116 Å². The van der Waals surface area contributed by atoms with Crippen LogP contribution in [0.3, 0.4) is 0 Å². The second kappa shape index (κ2) is 6.80. The Morgan fingerprint density at radius 2 is 2.16 bits per heavy atom. The van der Waals surface area contributed by atoms with Crippen LogP contribution in [0, 0.1) is 5.92 Å². The lowest BCUT2D eigenvalue weighted by Crippen LogP contribution is -2.43. The van der Waals surface area contributed by atoms with Crippen LogP contribution in [-0.2, 0) is 0 Å². The van der Waals surface area contributed by atoms with Crippen LogP contribution in [-0.4, -0.2) is 32.8 Å². The number of anilines is 1. The van der Waals surface area contributed by atoms with E-state index in [0.29, 0.717) is 12.0 Å². The van der Waals surface area contributed by atoms with Gasteiger partial charge < -0.3 is 15.0 Å². The lowest BCUT2D eigenvalue weighted by atomic mass is 10.0. The van der Waals surface area contributed by atoms with Crippen LogP contribution in [0.4, 0.5) is 5.69 Å². The average Bonchev–Trinajstić information content (AvgIpc) is 2.43. The highest BCUT2D eigenvalue weighted by atomic mass is 16.5. The zero-order valence-electron chi connectivity index (χ0n) is 12.4. The maximum absolute atomic E-state index is 5.50. The monoisotopic (exact) mass is 262 g/mol. The fraction of sp³-hybridized carbons (Fsp3) is 0.625. The van der Waals surface area contributed by atoms with Crippen molar-refractivity contribution >= 4 is 5.69 Å². The Bertz CT molecular complexity index is 394. The molecule has 0 bridgehead atoms. The summed E-state index contributed by atoms with van der Waals surface area (Å²) in [6.07, 6.45) is 2.40. The van der Waals surface area contributed by atoms with Crippen molar-refractivity contribution in [3.63, 3.8) is 0 Å². The van der Waals surface area contributed by atoms with Crippen LogP contribution < -0.4 is 15.0 Å². The molecule has 1 aliphatic heterocycles. The molecule has 1 saturated heterocycles. The zero-order chi connectivity index (χ0) is 13.7. The van der Waals surface area contributed by atoms with Crippen LogP contribution in [0.2, 0.25) is 0 Å². The van der Waals surface area contributed by atoms with E-state index >= 15 is 0 Å². The highest BCUT2D eigenvalue weighted by Gasteiger charge is 2.19. The van der Waals surface area contributed by atoms with Crippen molar-refractivity contribution < 1.29 is 4.74 Å². The molecule has 106 valence electrons. The predicted octanol–water partition coefficient (Wildman–Crippen LogP) is 2.91. The van der Waals surface area contributed by atoms with E-state index in [2.05, 4.69) is 36.2 Å². The minimum atomic E-state index is 0.639. The summed E-state index contributed by atoms with van der Waals surface area (Å²) >= 11 is 0. The molecule has 1 N–H and O–H groups in total.